The van der Waals surface area contributed by atoms with E-state index in [2.05, 4.69) is 0 Å². The first-order valence-electron chi connectivity index (χ1n) is 10.1. The van der Waals surface area contributed by atoms with E-state index in [1.54, 1.807) is 22.8 Å². The molecule has 3 aromatic rings. The summed E-state index contributed by atoms with van der Waals surface area (Å²) in [4.78, 5) is 13.6. The maximum Gasteiger partial charge on any atom is 0.258 e. The van der Waals surface area contributed by atoms with Crippen molar-refractivity contribution in [3.63, 3.8) is 0 Å². The molecule has 0 aliphatic carbocycles. The highest BCUT2D eigenvalue weighted by atomic mass is 16.8. The number of rotatable bonds is 5. The zero-order chi connectivity index (χ0) is 22.8. The molecule has 0 saturated heterocycles. The van der Waals surface area contributed by atoms with E-state index in [-0.39, 0.29) is 34.0 Å². The molecule has 162 valence electrons. The van der Waals surface area contributed by atoms with E-state index >= 15 is 0 Å². The molecule has 1 aromatic heterocycles. The van der Waals surface area contributed by atoms with Gasteiger partial charge in [-0.05, 0) is 24.5 Å². The summed E-state index contributed by atoms with van der Waals surface area (Å²) in [6.45, 7) is 2.26. The minimum absolute atomic E-state index is 0.0583. The molecule has 0 fully saturated rings. The van der Waals surface area contributed by atoms with Gasteiger partial charge in [0.2, 0.25) is 5.88 Å². The van der Waals surface area contributed by atoms with Crippen molar-refractivity contribution >= 4 is 5.69 Å². The third kappa shape index (κ3) is 3.88. The molecule has 0 saturated carbocycles. The lowest BCUT2D eigenvalue weighted by atomic mass is 9.84. The zero-order valence-electron chi connectivity index (χ0n) is 17.4. The summed E-state index contributed by atoms with van der Waals surface area (Å²) in [6.07, 6.45) is 0.656. The van der Waals surface area contributed by atoms with Gasteiger partial charge in [-0.3, -0.25) is 4.79 Å². The SMILES string of the molecule is Cc1cc2c(c(=O)n1CCc1ccccc1)[C@@H](c1cccc([NH+]([O-])O)c1)C(C#N)=C(N)O2. The quantitative estimate of drug-likeness (QED) is 0.531. The normalized spacial score (nSPS) is 16.1. The summed E-state index contributed by atoms with van der Waals surface area (Å²) in [6, 6.07) is 19.8. The van der Waals surface area contributed by atoms with Crippen LogP contribution in [0, 0.1) is 23.5 Å². The Labute approximate surface area is 184 Å². The molecule has 0 bridgehead atoms. The lowest BCUT2D eigenvalue weighted by Crippen LogP contribution is -2.99. The number of quaternary nitrogens is 1. The third-order valence-electron chi connectivity index (χ3n) is 5.62. The molecule has 2 aromatic carbocycles. The van der Waals surface area contributed by atoms with Gasteiger partial charge in [0.15, 0.2) is 5.69 Å². The van der Waals surface area contributed by atoms with Crippen molar-refractivity contribution in [2.24, 2.45) is 5.73 Å². The highest BCUT2D eigenvalue weighted by Gasteiger charge is 2.34. The van der Waals surface area contributed by atoms with Crippen molar-refractivity contribution in [1.82, 2.24) is 4.57 Å². The van der Waals surface area contributed by atoms with Gasteiger partial charge in [0.05, 0.1) is 11.5 Å². The van der Waals surface area contributed by atoms with Crippen LogP contribution in [0.2, 0.25) is 0 Å². The average molecular weight is 430 g/mol. The van der Waals surface area contributed by atoms with Gasteiger partial charge in [0.1, 0.15) is 17.4 Å². The second-order valence-electron chi connectivity index (χ2n) is 7.61. The smallest absolute Gasteiger partial charge is 0.258 e. The average Bonchev–Trinajstić information content (AvgIpc) is 2.78. The van der Waals surface area contributed by atoms with Crippen LogP contribution in [0.5, 0.6) is 5.75 Å². The highest BCUT2D eigenvalue weighted by molar-refractivity contribution is 5.56. The van der Waals surface area contributed by atoms with E-state index in [1.165, 1.54) is 12.1 Å². The van der Waals surface area contributed by atoms with Crippen molar-refractivity contribution < 1.29 is 15.2 Å². The molecule has 4 rings (SSSR count). The zero-order valence-corrected chi connectivity index (χ0v) is 17.4. The Morgan fingerprint density at radius 1 is 1.22 bits per heavy atom. The van der Waals surface area contributed by atoms with Crippen molar-refractivity contribution in [2.45, 2.75) is 25.8 Å². The monoisotopic (exact) mass is 430 g/mol. The van der Waals surface area contributed by atoms with Crippen LogP contribution < -0.4 is 21.3 Å². The Bertz CT molecular complexity index is 1290. The van der Waals surface area contributed by atoms with E-state index in [9.17, 15) is 20.5 Å². The predicted octanol–water partition coefficient (Wildman–Crippen LogP) is 2.02. The molecule has 1 unspecified atom stereocenters. The predicted molar refractivity (Wildman–Crippen MR) is 117 cm³/mol. The summed E-state index contributed by atoms with van der Waals surface area (Å²) < 4.78 is 7.30. The van der Waals surface area contributed by atoms with Gasteiger partial charge in [-0.2, -0.15) is 10.5 Å². The fourth-order valence-corrected chi connectivity index (χ4v) is 4.03. The van der Waals surface area contributed by atoms with Crippen LogP contribution in [0.25, 0.3) is 0 Å². The van der Waals surface area contributed by atoms with E-state index in [4.69, 9.17) is 10.5 Å². The van der Waals surface area contributed by atoms with E-state index < -0.39 is 11.1 Å². The molecule has 4 N–H and O–H groups in total. The molecule has 0 amide bonds. The second kappa shape index (κ2) is 8.69. The highest BCUT2D eigenvalue weighted by Crippen LogP contribution is 2.40. The van der Waals surface area contributed by atoms with Gasteiger partial charge in [0.25, 0.3) is 5.56 Å². The number of hydrogen-bond acceptors (Lipinski definition) is 6. The molecular formula is C24H22N4O4. The Morgan fingerprint density at radius 3 is 2.66 bits per heavy atom. The number of benzene rings is 2. The van der Waals surface area contributed by atoms with Gasteiger partial charge in [-0.15, -0.1) is 0 Å². The summed E-state index contributed by atoms with van der Waals surface area (Å²) >= 11 is 0. The Morgan fingerprint density at radius 2 is 1.97 bits per heavy atom. The van der Waals surface area contributed by atoms with Gasteiger partial charge in [-0.25, -0.2) is 5.21 Å². The number of ether oxygens (including phenoxy) is 1. The molecule has 0 radical (unpaired) electrons. The van der Waals surface area contributed by atoms with Crippen molar-refractivity contribution in [1.29, 1.82) is 5.26 Å². The second-order valence-corrected chi connectivity index (χ2v) is 7.61. The maximum atomic E-state index is 13.6. The lowest BCUT2D eigenvalue weighted by molar-refractivity contribution is -0.991. The maximum absolute atomic E-state index is 13.6. The van der Waals surface area contributed by atoms with Crippen molar-refractivity contribution in [2.75, 3.05) is 0 Å². The fourth-order valence-electron chi connectivity index (χ4n) is 4.03. The van der Waals surface area contributed by atoms with Crippen LogP contribution in [-0.2, 0) is 13.0 Å². The molecule has 1 aliphatic heterocycles. The largest absolute Gasteiger partial charge is 0.595 e. The first kappa shape index (κ1) is 21.3. The van der Waals surface area contributed by atoms with Crippen LogP contribution >= 0.6 is 0 Å². The van der Waals surface area contributed by atoms with E-state index in [1.807, 2.05) is 43.3 Å². The summed E-state index contributed by atoms with van der Waals surface area (Å²) in [7, 11) is 0. The van der Waals surface area contributed by atoms with Crippen LogP contribution in [0.1, 0.15) is 28.3 Å². The number of nitrogens with two attached hydrogens (primary N) is 1. The van der Waals surface area contributed by atoms with Gasteiger partial charge in [0, 0.05) is 30.4 Å². The van der Waals surface area contributed by atoms with Crippen LogP contribution in [0.4, 0.5) is 5.69 Å². The summed E-state index contributed by atoms with van der Waals surface area (Å²) in [5.74, 6) is -0.628. The number of nitriles is 1. The van der Waals surface area contributed by atoms with Crippen LogP contribution in [-0.4, -0.2) is 9.77 Å². The topological polar surface area (TPSA) is 129 Å². The van der Waals surface area contributed by atoms with Crippen LogP contribution in [0.3, 0.4) is 0 Å². The Hall–Kier alpha value is -3.90. The number of allylic oxidation sites excluding steroid dienone is 1. The van der Waals surface area contributed by atoms with Crippen molar-refractivity contribution in [3.8, 4) is 11.8 Å². The summed E-state index contributed by atoms with van der Waals surface area (Å²) in [5.41, 5.74) is 8.43. The molecule has 32 heavy (non-hydrogen) atoms. The number of aromatic nitrogens is 1. The molecule has 1 aliphatic rings. The number of nitrogens with one attached hydrogen (secondary N) is 1. The molecule has 2 heterocycles. The molecule has 0 spiro atoms. The Kier molecular flexibility index (Phi) is 5.79. The fraction of sp³-hybridized carbons (Fsp3) is 0.167. The lowest BCUT2D eigenvalue weighted by Gasteiger charge is -2.27. The molecule has 8 nitrogen and oxygen atoms in total. The van der Waals surface area contributed by atoms with Gasteiger partial charge >= 0.3 is 0 Å². The molecule has 2 atom stereocenters. The molecule has 8 heteroatoms. The van der Waals surface area contributed by atoms with Crippen molar-refractivity contribution in [3.05, 3.63) is 110 Å². The van der Waals surface area contributed by atoms with E-state index in [0.717, 1.165) is 5.56 Å². The minimum atomic E-state index is -1.10. The minimum Gasteiger partial charge on any atom is -0.595 e. The molecular weight excluding hydrogens is 408 g/mol. The number of aryl methyl sites for hydroxylation is 2. The number of fused-ring (bicyclic) bond motifs is 1. The number of nitrogens with zero attached hydrogens (tertiary/aromatic N) is 2. The Balaban J connectivity index is 1.85. The first-order valence-corrected chi connectivity index (χ1v) is 10.1. The first-order chi connectivity index (χ1) is 15.4. The number of pyridine rings is 1. The summed E-state index contributed by atoms with van der Waals surface area (Å²) in [5, 5.41) is 29.6. The van der Waals surface area contributed by atoms with Gasteiger partial charge < -0.3 is 20.2 Å². The van der Waals surface area contributed by atoms with Gasteiger partial charge in [-0.1, -0.05) is 42.5 Å². The van der Waals surface area contributed by atoms with E-state index in [0.29, 0.717) is 24.2 Å². The number of hydrogen-bond donors (Lipinski definition) is 3. The third-order valence-corrected chi connectivity index (χ3v) is 5.62. The van der Waals surface area contributed by atoms with Crippen LogP contribution in [0.15, 0.2) is 76.9 Å². The standard InChI is InChI=1S/C24H22N4O4/c1-15-12-20-22(24(29)27(15)11-10-16-6-3-2-4-7-16)21(19(14-25)23(26)32-20)17-8-5-9-18(13-17)28(30)31/h2-9,12-13,21,28,30H,10-11,26H2,1H3/t21-/m0/s1.